The third kappa shape index (κ3) is 9.11. The van der Waals surface area contributed by atoms with Crippen molar-refractivity contribution in [2.75, 3.05) is 0 Å². The van der Waals surface area contributed by atoms with E-state index in [0.29, 0.717) is 27.1 Å². The first kappa shape index (κ1) is 37.9. The van der Waals surface area contributed by atoms with Crippen LogP contribution in [0.4, 0.5) is 48.3 Å². The second-order valence-electron chi connectivity index (χ2n) is 11.2. The molecule has 15 heteroatoms. The Morgan fingerprint density at radius 3 is 1.51 bits per heavy atom. The molecule has 0 bridgehead atoms. The summed E-state index contributed by atoms with van der Waals surface area (Å²) < 4.78 is 152. The topological polar surface area (TPSA) is 18.5 Å². The van der Waals surface area contributed by atoms with E-state index in [1.54, 1.807) is 24.3 Å². The molecule has 6 rings (SSSR count). The van der Waals surface area contributed by atoms with Crippen molar-refractivity contribution < 1.29 is 57.8 Å². The van der Waals surface area contributed by atoms with E-state index in [2.05, 4.69) is 16.4 Å². The number of alkyl halides is 6. The Hall–Kier alpha value is -4.37. The summed E-state index contributed by atoms with van der Waals surface area (Å²) in [6, 6.07) is 15.8. The molecule has 0 aliphatic rings. The van der Waals surface area contributed by atoms with E-state index < -0.39 is 53.3 Å². The first-order chi connectivity index (χ1) is 24.0. The molecule has 0 atom stereocenters. The van der Waals surface area contributed by atoms with Crippen molar-refractivity contribution in [3.05, 3.63) is 107 Å². The lowest BCUT2D eigenvalue weighted by Crippen LogP contribution is -2.19. The molecule has 0 amide bonds. The number of benzene rings is 4. The summed E-state index contributed by atoms with van der Waals surface area (Å²) >= 11 is 2.31. The molecule has 4 aromatic carbocycles. The molecule has 0 N–H and O–H groups in total. The van der Waals surface area contributed by atoms with Gasteiger partial charge in [-0.15, -0.1) is 49.0 Å². The number of aryl methyl sites for hydroxylation is 2. The maximum absolute atomic E-state index is 14.6. The van der Waals surface area contributed by atoms with Gasteiger partial charge in [0, 0.05) is 25.2 Å². The molecule has 0 aliphatic carbocycles. The Morgan fingerprint density at radius 2 is 1.02 bits per heavy atom. The summed E-state index contributed by atoms with van der Waals surface area (Å²) in [4.78, 5) is 0.519. The molecule has 0 spiro atoms. The molecule has 0 unspecified atom stereocenters. The molecule has 0 saturated carbocycles. The highest BCUT2D eigenvalue weighted by Crippen LogP contribution is 2.41. The van der Waals surface area contributed by atoms with Gasteiger partial charge in [-0.25, -0.2) is 22.0 Å². The third-order valence-corrected chi connectivity index (χ3v) is 9.66. The molecule has 0 radical (unpaired) electrons. The van der Waals surface area contributed by atoms with Gasteiger partial charge in [-0.3, -0.25) is 0 Å². The summed E-state index contributed by atoms with van der Waals surface area (Å²) in [7, 11) is 0. The summed E-state index contributed by atoms with van der Waals surface area (Å²) in [5.74, 6) is -9.57. The molecular formula is C36H25F11O2S2. The van der Waals surface area contributed by atoms with Crippen LogP contribution >= 0.6 is 22.7 Å². The number of hydrogen-bond donors (Lipinski definition) is 0. The van der Waals surface area contributed by atoms with Gasteiger partial charge in [0.1, 0.15) is 5.82 Å². The van der Waals surface area contributed by atoms with Gasteiger partial charge < -0.3 is 9.47 Å². The highest BCUT2D eigenvalue weighted by molar-refractivity contribution is 7.22. The minimum atomic E-state index is -5.23. The zero-order valence-electron chi connectivity index (χ0n) is 26.5. The second kappa shape index (κ2) is 15.1. The minimum Gasteiger partial charge on any atom is -0.399 e. The Morgan fingerprint density at radius 1 is 0.549 bits per heavy atom. The first-order valence-electron chi connectivity index (χ1n) is 15.2. The fraction of sp³-hybridized carbons (Fsp3) is 0.222. The maximum atomic E-state index is 14.6. The van der Waals surface area contributed by atoms with Crippen LogP contribution in [0, 0.1) is 29.1 Å². The zero-order chi connectivity index (χ0) is 37.2. The van der Waals surface area contributed by atoms with Crippen molar-refractivity contribution in [3.8, 4) is 32.4 Å². The molecule has 0 aliphatic heterocycles. The van der Waals surface area contributed by atoms with Crippen LogP contribution in [-0.4, -0.2) is 12.7 Å². The first-order valence-corrected chi connectivity index (χ1v) is 16.8. The number of fused-ring (bicyclic) bond motifs is 2. The van der Waals surface area contributed by atoms with Crippen molar-refractivity contribution in [3.63, 3.8) is 0 Å². The highest BCUT2D eigenvalue weighted by Gasteiger charge is 2.35. The van der Waals surface area contributed by atoms with Crippen molar-refractivity contribution >= 4 is 42.8 Å². The standard InChI is InChI=1S/C18H12F6OS.C18H13F5OS/c1-2-3-9-4-5-11-14(6-9)26-17(15(11)21)10-7-12(19)16(13(20)8-10)25-18(22,23)24;1-2-3-10-4-5-11-9-16(25-15(11)6-10)12-7-13(19)17(14(20)8-12)24-18(21,22)23/h4-8H,2-3H2,1H3;4-9H,2-3H2,1H3. The van der Waals surface area contributed by atoms with Gasteiger partial charge in [0.05, 0.1) is 4.88 Å². The number of ether oxygens (including phenoxy) is 2. The van der Waals surface area contributed by atoms with E-state index in [0.717, 1.165) is 70.4 Å². The summed E-state index contributed by atoms with van der Waals surface area (Å²) in [5.41, 5.74) is 2.14. The van der Waals surface area contributed by atoms with Crippen LogP contribution in [0.1, 0.15) is 37.8 Å². The van der Waals surface area contributed by atoms with Gasteiger partial charge >= 0.3 is 12.7 Å². The normalized spacial score (nSPS) is 11.9. The number of halogens is 11. The Kier molecular flexibility index (Phi) is 11.2. The van der Waals surface area contributed by atoms with Crippen LogP contribution < -0.4 is 9.47 Å². The molecule has 270 valence electrons. The molecular weight excluding hydrogens is 738 g/mol. The molecule has 0 fully saturated rings. The predicted molar refractivity (Wildman–Crippen MR) is 176 cm³/mol. The lowest BCUT2D eigenvalue weighted by Gasteiger charge is -2.11. The summed E-state index contributed by atoms with van der Waals surface area (Å²) in [6.45, 7) is 4.07. The Bertz CT molecular complexity index is 2140. The van der Waals surface area contributed by atoms with Gasteiger partial charge in [0.15, 0.2) is 23.3 Å². The smallest absolute Gasteiger partial charge is 0.399 e. The Labute approximate surface area is 291 Å². The van der Waals surface area contributed by atoms with Gasteiger partial charge in [-0.1, -0.05) is 51.0 Å². The fourth-order valence-electron chi connectivity index (χ4n) is 5.22. The molecule has 6 aromatic rings. The van der Waals surface area contributed by atoms with Crippen molar-refractivity contribution in [2.45, 2.75) is 52.3 Å². The van der Waals surface area contributed by atoms with Crippen molar-refractivity contribution in [1.82, 2.24) is 0 Å². The van der Waals surface area contributed by atoms with Gasteiger partial charge in [-0.2, -0.15) is 0 Å². The minimum absolute atomic E-state index is 0.0509. The molecule has 2 aromatic heterocycles. The van der Waals surface area contributed by atoms with Crippen molar-refractivity contribution in [2.24, 2.45) is 0 Å². The van der Waals surface area contributed by atoms with Gasteiger partial charge in [0.2, 0.25) is 11.5 Å². The monoisotopic (exact) mass is 762 g/mol. The molecule has 51 heavy (non-hydrogen) atoms. The summed E-state index contributed by atoms with van der Waals surface area (Å²) in [6.07, 6.45) is -6.75. The third-order valence-electron chi connectivity index (χ3n) is 7.33. The molecule has 0 saturated heterocycles. The average Bonchev–Trinajstić information content (AvgIpc) is 3.61. The van der Waals surface area contributed by atoms with Crippen LogP contribution in [0.25, 0.3) is 41.1 Å². The Balaban J connectivity index is 0.000000198. The highest BCUT2D eigenvalue weighted by atomic mass is 32.1. The molecule has 2 nitrogen and oxygen atoms in total. The second-order valence-corrected chi connectivity index (χ2v) is 13.3. The van der Waals surface area contributed by atoms with Gasteiger partial charge in [0.25, 0.3) is 0 Å². The van der Waals surface area contributed by atoms with Crippen molar-refractivity contribution in [1.29, 1.82) is 0 Å². The number of thiophene rings is 2. The SMILES string of the molecule is CCCc1ccc2c(F)c(-c3cc(F)c(OC(F)(F)F)c(F)c3)sc2c1.CCCc1ccc2cc(-c3cc(F)c(OC(F)(F)F)c(F)c3)sc2c1. The quantitative estimate of drug-likeness (QED) is 0.144. The van der Waals surface area contributed by atoms with E-state index in [-0.39, 0.29) is 16.0 Å². The number of rotatable bonds is 8. The summed E-state index contributed by atoms with van der Waals surface area (Å²) in [5, 5.41) is 1.21. The van der Waals surface area contributed by atoms with E-state index >= 15 is 0 Å². The van der Waals surface area contributed by atoms with E-state index in [1.807, 2.05) is 25.1 Å². The van der Waals surface area contributed by atoms with Crippen LogP contribution in [0.15, 0.2) is 66.7 Å². The van der Waals surface area contributed by atoms with E-state index in [4.69, 9.17) is 0 Å². The van der Waals surface area contributed by atoms with Gasteiger partial charge in [-0.05, 0) is 77.4 Å². The average molecular weight is 763 g/mol. The zero-order valence-corrected chi connectivity index (χ0v) is 28.1. The number of hydrogen-bond acceptors (Lipinski definition) is 4. The van der Waals surface area contributed by atoms with Crippen LogP contribution in [0.5, 0.6) is 11.5 Å². The lowest BCUT2D eigenvalue weighted by atomic mass is 10.1. The lowest BCUT2D eigenvalue weighted by molar-refractivity contribution is -0.277. The van der Waals surface area contributed by atoms with Crippen LogP contribution in [0.2, 0.25) is 0 Å². The fourth-order valence-corrected chi connectivity index (χ4v) is 7.47. The largest absolute Gasteiger partial charge is 0.573 e. The predicted octanol–water partition coefficient (Wildman–Crippen LogP) is 13.5. The maximum Gasteiger partial charge on any atom is 0.573 e. The van der Waals surface area contributed by atoms with E-state index in [9.17, 15) is 48.3 Å². The van der Waals surface area contributed by atoms with Crippen LogP contribution in [0.3, 0.4) is 0 Å². The molecule has 2 heterocycles. The van der Waals surface area contributed by atoms with E-state index in [1.165, 1.54) is 11.3 Å². The van der Waals surface area contributed by atoms with Crippen LogP contribution in [-0.2, 0) is 12.8 Å².